The third kappa shape index (κ3) is 5.25. The first-order valence-electron chi connectivity index (χ1n) is 11.2. The predicted octanol–water partition coefficient (Wildman–Crippen LogP) is 1.73. The Bertz CT molecular complexity index is 831. The van der Waals surface area contributed by atoms with Crippen molar-refractivity contribution in [2.24, 2.45) is 0 Å². The highest BCUT2D eigenvalue weighted by Gasteiger charge is 2.27. The standard InChI is InChI=1S/C23H32N6O2/c1-3-26-11-13-27(14-12-26)21-9-10-22(25-24-21)28-15-17-29(18-16-28)23(30)19(2)31-20-7-5-4-6-8-20/h4-10,19H,3,11-18H2,1-2H3. The van der Waals surface area contributed by atoms with Crippen molar-refractivity contribution in [1.29, 1.82) is 0 Å². The van der Waals surface area contributed by atoms with Gasteiger partial charge in [0, 0.05) is 52.4 Å². The molecule has 0 radical (unpaired) electrons. The summed E-state index contributed by atoms with van der Waals surface area (Å²) in [6.45, 7) is 12.0. The van der Waals surface area contributed by atoms with Gasteiger partial charge in [-0.05, 0) is 37.7 Å². The van der Waals surface area contributed by atoms with Gasteiger partial charge in [0.15, 0.2) is 17.7 Å². The molecule has 0 saturated carbocycles. The van der Waals surface area contributed by atoms with Crippen molar-refractivity contribution in [2.45, 2.75) is 20.0 Å². The number of ether oxygens (including phenoxy) is 1. The minimum Gasteiger partial charge on any atom is -0.481 e. The van der Waals surface area contributed by atoms with Crippen molar-refractivity contribution in [3.63, 3.8) is 0 Å². The molecule has 1 unspecified atom stereocenters. The van der Waals surface area contributed by atoms with Gasteiger partial charge in [-0.25, -0.2) is 0 Å². The van der Waals surface area contributed by atoms with Crippen molar-refractivity contribution >= 4 is 17.5 Å². The Hall–Kier alpha value is -2.87. The Morgan fingerprint density at radius 1 is 0.871 bits per heavy atom. The number of amides is 1. The summed E-state index contributed by atoms with van der Waals surface area (Å²) in [5.74, 6) is 2.56. The third-order valence-electron chi connectivity index (χ3n) is 6.10. The first-order valence-corrected chi connectivity index (χ1v) is 11.2. The number of benzene rings is 1. The van der Waals surface area contributed by atoms with E-state index in [1.54, 1.807) is 0 Å². The van der Waals surface area contributed by atoms with Crippen LogP contribution in [0.1, 0.15) is 13.8 Å². The maximum atomic E-state index is 12.8. The summed E-state index contributed by atoms with van der Waals surface area (Å²) in [6.07, 6.45) is -0.499. The number of carbonyl (C=O) groups is 1. The maximum absolute atomic E-state index is 12.8. The Morgan fingerprint density at radius 2 is 1.42 bits per heavy atom. The summed E-state index contributed by atoms with van der Waals surface area (Å²) >= 11 is 0. The Balaban J connectivity index is 1.27. The van der Waals surface area contributed by atoms with Crippen molar-refractivity contribution in [1.82, 2.24) is 20.0 Å². The number of piperazine rings is 2. The molecule has 2 fully saturated rings. The van der Waals surface area contributed by atoms with Crippen LogP contribution in [0.4, 0.5) is 11.6 Å². The van der Waals surface area contributed by atoms with Crippen LogP contribution in [-0.4, -0.2) is 90.9 Å². The maximum Gasteiger partial charge on any atom is 0.263 e. The molecule has 0 bridgehead atoms. The van der Waals surface area contributed by atoms with Crippen LogP contribution in [0.2, 0.25) is 0 Å². The van der Waals surface area contributed by atoms with Crippen LogP contribution in [0, 0.1) is 0 Å². The van der Waals surface area contributed by atoms with E-state index in [9.17, 15) is 4.79 Å². The molecule has 1 amide bonds. The average molecular weight is 425 g/mol. The predicted molar refractivity (Wildman–Crippen MR) is 122 cm³/mol. The molecule has 8 nitrogen and oxygen atoms in total. The molecule has 1 atom stereocenters. The van der Waals surface area contributed by atoms with Gasteiger partial charge in [0.25, 0.3) is 5.91 Å². The SMILES string of the molecule is CCN1CCN(c2ccc(N3CCN(C(=O)C(C)Oc4ccccc4)CC3)nn2)CC1. The molecule has 1 aromatic carbocycles. The van der Waals surface area contributed by atoms with Crippen molar-refractivity contribution in [3.8, 4) is 5.75 Å². The van der Waals surface area contributed by atoms with E-state index in [2.05, 4.69) is 37.9 Å². The molecule has 4 rings (SSSR count). The first kappa shape index (κ1) is 21.4. The zero-order valence-electron chi connectivity index (χ0n) is 18.5. The fourth-order valence-corrected chi connectivity index (χ4v) is 4.12. The van der Waals surface area contributed by atoms with Crippen LogP contribution in [0.5, 0.6) is 5.75 Å². The van der Waals surface area contributed by atoms with Gasteiger partial charge in [0.2, 0.25) is 0 Å². The number of carbonyl (C=O) groups excluding carboxylic acids is 1. The van der Waals surface area contributed by atoms with Gasteiger partial charge in [-0.15, -0.1) is 10.2 Å². The van der Waals surface area contributed by atoms with Gasteiger partial charge in [0.05, 0.1) is 0 Å². The Labute approximate surface area is 184 Å². The highest BCUT2D eigenvalue weighted by atomic mass is 16.5. The smallest absolute Gasteiger partial charge is 0.263 e. The minimum absolute atomic E-state index is 0.0242. The molecule has 8 heteroatoms. The third-order valence-corrected chi connectivity index (χ3v) is 6.10. The van der Waals surface area contributed by atoms with Crippen LogP contribution in [-0.2, 0) is 4.79 Å². The summed E-state index contributed by atoms with van der Waals surface area (Å²) in [7, 11) is 0. The van der Waals surface area contributed by atoms with Gasteiger partial charge in [-0.1, -0.05) is 25.1 Å². The van der Waals surface area contributed by atoms with E-state index in [1.165, 1.54) is 0 Å². The van der Waals surface area contributed by atoms with Gasteiger partial charge in [-0.3, -0.25) is 4.79 Å². The van der Waals surface area contributed by atoms with Gasteiger partial charge < -0.3 is 24.3 Å². The summed E-state index contributed by atoms with van der Waals surface area (Å²) in [4.78, 5) is 21.6. The second kappa shape index (κ2) is 9.96. The van der Waals surface area contributed by atoms with Crippen LogP contribution >= 0.6 is 0 Å². The van der Waals surface area contributed by atoms with Gasteiger partial charge in [-0.2, -0.15) is 0 Å². The monoisotopic (exact) mass is 424 g/mol. The number of likely N-dealkylation sites (N-methyl/N-ethyl adjacent to an activating group) is 1. The molecule has 0 N–H and O–H groups in total. The molecule has 0 aliphatic carbocycles. The van der Waals surface area contributed by atoms with E-state index in [1.807, 2.05) is 48.2 Å². The number of nitrogens with zero attached hydrogens (tertiary/aromatic N) is 6. The normalized spacial score (nSPS) is 18.7. The van der Waals surface area contributed by atoms with Gasteiger partial charge >= 0.3 is 0 Å². The molecule has 2 aromatic rings. The molecule has 2 aliphatic heterocycles. The van der Waals surface area contributed by atoms with E-state index >= 15 is 0 Å². The summed E-state index contributed by atoms with van der Waals surface area (Å²) in [5, 5.41) is 8.94. The second-order valence-electron chi connectivity index (χ2n) is 8.06. The van der Waals surface area contributed by atoms with E-state index in [-0.39, 0.29) is 5.91 Å². The quantitative estimate of drug-likeness (QED) is 0.700. The van der Waals surface area contributed by atoms with Crippen LogP contribution in [0.25, 0.3) is 0 Å². The lowest BCUT2D eigenvalue weighted by Crippen LogP contribution is -2.52. The minimum atomic E-state index is -0.499. The highest BCUT2D eigenvalue weighted by molar-refractivity contribution is 5.81. The topological polar surface area (TPSA) is 65.0 Å². The molecule has 31 heavy (non-hydrogen) atoms. The van der Waals surface area contributed by atoms with Crippen molar-refractivity contribution in [2.75, 3.05) is 68.7 Å². The first-order chi connectivity index (χ1) is 15.1. The molecular weight excluding hydrogens is 392 g/mol. The lowest BCUT2D eigenvalue weighted by atomic mass is 10.2. The molecule has 2 aliphatic rings. The largest absolute Gasteiger partial charge is 0.481 e. The van der Waals surface area contributed by atoms with E-state index < -0.39 is 6.10 Å². The Kier molecular flexibility index (Phi) is 6.86. The van der Waals surface area contributed by atoms with Crippen LogP contribution in [0.15, 0.2) is 42.5 Å². The number of rotatable bonds is 6. The van der Waals surface area contributed by atoms with E-state index in [0.717, 1.165) is 57.4 Å². The number of hydrogen-bond donors (Lipinski definition) is 0. The van der Waals surface area contributed by atoms with Crippen molar-refractivity contribution in [3.05, 3.63) is 42.5 Å². The molecule has 0 spiro atoms. The zero-order chi connectivity index (χ0) is 21.6. The summed E-state index contributed by atoms with van der Waals surface area (Å²) < 4.78 is 5.79. The number of para-hydroxylation sites is 1. The lowest BCUT2D eigenvalue weighted by Gasteiger charge is -2.37. The highest BCUT2D eigenvalue weighted by Crippen LogP contribution is 2.19. The van der Waals surface area contributed by atoms with Crippen LogP contribution < -0.4 is 14.5 Å². The average Bonchev–Trinajstić information content (AvgIpc) is 2.84. The summed E-state index contributed by atoms with van der Waals surface area (Å²) in [5.41, 5.74) is 0. The molecular formula is C23H32N6O2. The molecule has 1 aromatic heterocycles. The van der Waals surface area contributed by atoms with E-state index in [0.29, 0.717) is 18.8 Å². The molecule has 166 valence electrons. The number of hydrogen-bond acceptors (Lipinski definition) is 7. The lowest BCUT2D eigenvalue weighted by molar-refractivity contribution is -0.138. The Morgan fingerprint density at radius 3 is 1.94 bits per heavy atom. The number of anilines is 2. The fourth-order valence-electron chi connectivity index (χ4n) is 4.12. The second-order valence-corrected chi connectivity index (χ2v) is 8.06. The fraction of sp³-hybridized carbons (Fsp3) is 0.522. The van der Waals surface area contributed by atoms with Crippen molar-refractivity contribution < 1.29 is 9.53 Å². The zero-order valence-corrected chi connectivity index (χ0v) is 18.5. The van der Waals surface area contributed by atoms with Gasteiger partial charge in [0.1, 0.15) is 5.75 Å². The van der Waals surface area contributed by atoms with Crippen LogP contribution in [0.3, 0.4) is 0 Å². The number of aromatic nitrogens is 2. The molecule has 3 heterocycles. The van der Waals surface area contributed by atoms with E-state index in [4.69, 9.17) is 4.74 Å². The molecule has 2 saturated heterocycles. The summed E-state index contributed by atoms with van der Waals surface area (Å²) in [6, 6.07) is 13.6.